The molecule has 3 rings (SSSR count). The Labute approximate surface area is 132 Å². The molecule has 0 aliphatic heterocycles. The van der Waals surface area contributed by atoms with Crippen molar-refractivity contribution in [1.82, 2.24) is 5.43 Å². The standard InChI is InChI=1S/C16H14Cl2N2O/c1-9-4-2-5-10-8-13(21-16(9)10)15(20-19)11-6-3-7-12(17)14(11)18/h2-8,15,20H,19H2,1H3. The van der Waals surface area contributed by atoms with Gasteiger partial charge in [0.05, 0.1) is 10.0 Å². The minimum Gasteiger partial charge on any atom is -0.459 e. The van der Waals surface area contributed by atoms with Crippen LogP contribution in [0.1, 0.15) is 22.9 Å². The average Bonchev–Trinajstić information content (AvgIpc) is 2.89. The average molecular weight is 321 g/mol. The van der Waals surface area contributed by atoms with E-state index in [9.17, 15) is 0 Å². The number of benzene rings is 2. The van der Waals surface area contributed by atoms with Crippen LogP contribution in [-0.4, -0.2) is 0 Å². The Morgan fingerprint density at radius 3 is 2.62 bits per heavy atom. The van der Waals surface area contributed by atoms with Crippen molar-refractivity contribution in [3.63, 3.8) is 0 Å². The molecule has 3 N–H and O–H groups in total. The Morgan fingerprint density at radius 1 is 1.14 bits per heavy atom. The van der Waals surface area contributed by atoms with Gasteiger partial charge in [-0.05, 0) is 30.2 Å². The molecule has 0 fully saturated rings. The number of hydrogen-bond donors (Lipinski definition) is 2. The third-order valence-corrected chi connectivity index (χ3v) is 4.34. The van der Waals surface area contributed by atoms with Gasteiger partial charge in [-0.2, -0.15) is 0 Å². The Hall–Kier alpha value is -1.52. The molecule has 1 atom stereocenters. The lowest BCUT2D eigenvalue weighted by Gasteiger charge is -2.15. The van der Waals surface area contributed by atoms with Gasteiger partial charge in [0, 0.05) is 5.39 Å². The second-order valence-electron chi connectivity index (χ2n) is 4.88. The molecule has 2 aromatic carbocycles. The van der Waals surface area contributed by atoms with E-state index < -0.39 is 0 Å². The van der Waals surface area contributed by atoms with Crippen molar-refractivity contribution in [3.8, 4) is 0 Å². The summed E-state index contributed by atoms with van der Waals surface area (Å²) < 4.78 is 5.96. The summed E-state index contributed by atoms with van der Waals surface area (Å²) in [5, 5.41) is 1.99. The van der Waals surface area contributed by atoms with E-state index >= 15 is 0 Å². The molecule has 1 unspecified atom stereocenters. The number of furan rings is 1. The van der Waals surface area contributed by atoms with Crippen molar-refractivity contribution in [2.45, 2.75) is 13.0 Å². The molecular formula is C16H14Cl2N2O. The van der Waals surface area contributed by atoms with Crippen LogP contribution in [0, 0.1) is 6.92 Å². The van der Waals surface area contributed by atoms with Gasteiger partial charge in [0.15, 0.2) is 0 Å². The summed E-state index contributed by atoms with van der Waals surface area (Å²) in [4.78, 5) is 0. The fraction of sp³-hybridized carbons (Fsp3) is 0.125. The molecule has 0 bridgehead atoms. The highest BCUT2D eigenvalue weighted by atomic mass is 35.5. The van der Waals surface area contributed by atoms with Gasteiger partial charge in [-0.3, -0.25) is 5.84 Å². The molecule has 1 heterocycles. The highest BCUT2D eigenvalue weighted by Gasteiger charge is 2.21. The molecule has 5 heteroatoms. The summed E-state index contributed by atoms with van der Waals surface area (Å²) in [6.45, 7) is 2.01. The minimum absolute atomic E-state index is 0.358. The summed E-state index contributed by atoms with van der Waals surface area (Å²) in [6, 6.07) is 13.1. The Kier molecular flexibility index (Phi) is 3.91. The van der Waals surface area contributed by atoms with Crippen molar-refractivity contribution >= 4 is 34.2 Å². The summed E-state index contributed by atoms with van der Waals surface area (Å²) in [5.74, 6) is 6.40. The fourth-order valence-corrected chi connectivity index (χ4v) is 2.86. The monoisotopic (exact) mass is 320 g/mol. The lowest BCUT2D eigenvalue weighted by Crippen LogP contribution is -2.28. The first-order chi connectivity index (χ1) is 10.1. The quantitative estimate of drug-likeness (QED) is 0.547. The van der Waals surface area contributed by atoms with Gasteiger partial charge in [0.25, 0.3) is 0 Å². The van der Waals surface area contributed by atoms with Gasteiger partial charge in [-0.1, -0.05) is 53.5 Å². The summed E-state index contributed by atoms with van der Waals surface area (Å²) in [6.07, 6.45) is 0. The summed E-state index contributed by atoms with van der Waals surface area (Å²) >= 11 is 12.4. The van der Waals surface area contributed by atoms with Crippen LogP contribution in [0.5, 0.6) is 0 Å². The first-order valence-electron chi connectivity index (χ1n) is 6.51. The number of nitrogens with one attached hydrogen (secondary N) is 1. The van der Waals surface area contributed by atoms with E-state index in [1.807, 2.05) is 43.3 Å². The molecule has 3 nitrogen and oxygen atoms in total. The minimum atomic E-state index is -0.358. The van der Waals surface area contributed by atoms with E-state index in [4.69, 9.17) is 33.5 Å². The maximum atomic E-state index is 6.28. The van der Waals surface area contributed by atoms with Crippen molar-refractivity contribution in [2.24, 2.45) is 5.84 Å². The summed E-state index contributed by atoms with van der Waals surface area (Å²) in [7, 11) is 0. The predicted molar refractivity (Wildman–Crippen MR) is 86.6 cm³/mol. The third-order valence-electron chi connectivity index (χ3n) is 3.50. The van der Waals surface area contributed by atoms with Gasteiger partial charge >= 0.3 is 0 Å². The maximum absolute atomic E-state index is 6.28. The number of para-hydroxylation sites is 1. The van der Waals surface area contributed by atoms with Gasteiger partial charge < -0.3 is 4.42 Å². The third kappa shape index (κ3) is 2.54. The van der Waals surface area contributed by atoms with Crippen LogP contribution in [0.3, 0.4) is 0 Å². The van der Waals surface area contributed by atoms with Crippen LogP contribution in [-0.2, 0) is 0 Å². The molecular weight excluding hydrogens is 307 g/mol. The second-order valence-corrected chi connectivity index (χ2v) is 5.67. The molecule has 0 saturated heterocycles. The van der Waals surface area contributed by atoms with E-state index in [0.717, 1.165) is 22.1 Å². The van der Waals surface area contributed by atoms with Gasteiger partial charge in [0.2, 0.25) is 0 Å². The Morgan fingerprint density at radius 2 is 1.90 bits per heavy atom. The lowest BCUT2D eigenvalue weighted by molar-refractivity contribution is 0.476. The van der Waals surface area contributed by atoms with Gasteiger partial charge in [-0.15, -0.1) is 0 Å². The Balaban J connectivity index is 2.14. The van der Waals surface area contributed by atoms with E-state index in [0.29, 0.717) is 15.8 Å². The zero-order valence-corrected chi connectivity index (χ0v) is 12.9. The Bertz CT molecular complexity index is 798. The zero-order valence-electron chi connectivity index (χ0n) is 11.4. The van der Waals surface area contributed by atoms with Crippen LogP contribution in [0.2, 0.25) is 10.0 Å². The molecule has 108 valence electrons. The number of aryl methyl sites for hydroxylation is 1. The molecule has 3 aromatic rings. The molecule has 0 radical (unpaired) electrons. The van der Waals surface area contributed by atoms with Crippen LogP contribution in [0.25, 0.3) is 11.0 Å². The van der Waals surface area contributed by atoms with E-state index in [1.165, 1.54) is 0 Å². The normalized spacial score (nSPS) is 12.8. The summed E-state index contributed by atoms with van der Waals surface area (Å²) in [5.41, 5.74) is 5.46. The van der Waals surface area contributed by atoms with Crippen molar-refractivity contribution in [1.29, 1.82) is 0 Å². The van der Waals surface area contributed by atoms with E-state index in [2.05, 4.69) is 5.43 Å². The molecule has 0 aliphatic rings. The number of hydrazine groups is 1. The van der Waals surface area contributed by atoms with Crippen LogP contribution < -0.4 is 11.3 Å². The molecule has 0 amide bonds. The number of halogens is 2. The first kappa shape index (κ1) is 14.4. The van der Waals surface area contributed by atoms with E-state index in [1.54, 1.807) is 6.07 Å². The number of fused-ring (bicyclic) bond motifs is 1. The predicted octanol–water partition coefficient (Wildman–Crippen LogP) is 4.60. The topological polar surface area (TPSA) is 51.2 Å². The zero-order chi connectivity index (χ0) is 15.0. The lowest BCUT2D eigenvalue weighted by atomic mass is 10.0. The molecule has 0 saturated carbocycles. The van der Waals surface area contributed by atoms with Crippen LogP contribution in [0.15, 0.2) is 46.9 Å². The van der Waals surface area contributed by atoms with Crippen LogP contribution >= 0.6 is 23.2 Å². The highest BCUT2D eigenvalue weighted by Crippen LogP contribution is 2.35. The van der Waals surface area contributed by atoms with E-state index in [-0.39, 0.29) is 6.04 Å². The number of rotatable bonds is 3. The highest BCUT2D eigenvalue weighted by molar-refractivity contribution is 6.42. The molecule has 1 aromatic heterocycles. The SMILES string of the molecule is Cc1cccc2cc(C(NN)c3cccc(Cl)c3Cl)oc12. The number of nitrogens with two attached hydrogens (primary N) is 1. The number of hydrogen-bond acceptors (Lipinski definition) is 3. The van der Waals surface area contributed by atoms with Crippen LogP contribution in [0.4, 0.5) is 0 Å². The van der Waals surface area contributed by atoms with Crippen molar-refractivity contribution in [3.05, 3.63) is 69.4 Å². The molecule has 0 spiro atoms. The fourth-order valence-electron chi connectivity index (χ4n) is 2.44. The van der Waals surface area contributed by atoms with Crippen molar-refractivity contribution < 1.29 is 4.42 Å². The van der Waals surface area contributed by atoms with Gasteiger partial charge in [0.1, 0.15) is 17.4 Å². The second kappa shape index (κ2) is 5.70. The first-order valence-corrected chi connectivity index (χ1v) is 7.26. The largest absolute Gasteiger partial charge is 0.459 e. The molecule has 21 heavy (non-hydrogen) atoms. The molecule has 0 aliphatic carbocycles. The van der Waals surface area contributed by atoms with Crippen molar-refractivity contribution in [2.75, 3.05) is 0 Å². The smallest absolute Gasteiger partial charge is 0.137 e. The van der Waals surface area contributed by atoms with Gasteiger partial charge in [-0.25, -0.2) is 5.43 Å². The maximum Gasteiger partial charge on any atom is 0.137 e.